The van der Waals surface area contributed by atoms with Crippen LogP contribution in [0.15, 0.2) is 36.4 Å². The van der Waals surface area contributed by atoms with Crippen LogP contribution in [0.2, 0.25) is 5.02 Å². The number of carbonyl (C=O) groups excluding carboxylic acids is 1. The van der Waals surface area contributed by atoms with Crippen LogP contribution >= 0.6 is 11.6 Å². The highest BCUT2D eigenvalue weighted by atomic mass is 35.5. The Balaban J connectivity index is 1.64. The van der Waals surface area contributed by atoms with Gasteiger partial charge in [-0.3, -0.25) is 4.79 Å². The summed E-state index contributed by atoms with van der Waals surface area (Å²) in [5.74, 6) is 1.77. The Labute approximate surface area is 151 Å². The van der Waals surface area contributed by atoms with Gasteiger partial charge in [-0.2, -0.15) is 0 Å². The van der Waals surface area contributed by atoms with Gasteiger partial charge < -0.3 is 19.1 Å². The highest BCUT2D eigenvalue weighted by Crippen LogP contribution is 2.41. The van der Waals surface area contributed by atoms with Gasteiger partial charge in [-0.15, -0.1) is 0 Å². The second-order valence-electron chi connectivity index (χ2n) is 6.13. The SMILES string of the molecule is COc1cccc(C2CCCN2C(=O)c2cc(Cl)c3c(c2)OCO3)c1. The Kier molecular flexibility index (Phi) is 4.17. The van der Waals surface area contributed by atoms with Crippen LogP contribution in [0.4, 0.5) is 0 Å². The second-order valence-corrected chi connectivity index (χ2v) is 6.53. The van der Waals surface area contributed by atoms with Gasteiger partial charge in [0.25, 0.3) is 5.91 Å². The lowest BCUT2D eigenvalue weighted by atomic mass is 10.0. The van der Waals surface area contributed by atoms with Crippen molar-refractivity contribution in [2.24, 2.45) is 0 Å². The zero-order chi connectivity index (χ0) is 17.4. The van der Waals surface area contributed by atoms with E-state index in [-0.39, 0.29) is 18.7 Å². The fourth-order valence-electron chi connectivity index (χ4n) is 3.46. The zero-order valence-electron chi connectivity index (χ0n) is 13.8. The minimum atomic E-state index is -0.0504. The maximum atomic E-state index is 13.1. The number of fused-ring (bicyclic) bond motifs is 1. The first-order valence-electron chi connectivity index (χ1n) is 8.21. The Morgan fingerprint density at radius 1 is 1.28 bits per heavy atom. The van der Waals surface area contributed by atoms with Crippen molar-refractivity contribution in [1.82, 2.24) is 4.90 Å². The first-order chi connectivity index (χ1) is 12.2. The van der Waals surface area contributed by atoms with Crippen molar-refractivity contribution in [3.05, 3.63) is 52.5 Å². The third kappa shape index (κ3) is 2.89. The molecule has 1 amide bonds. The molecule has 1 atom stereocenters. The average molecular weight is 360 g/mol. The molecule has 6 heteroatoms. The van der Waals surface area contributed by atoms with Gasteiger partial charge >= 0.3 is 0 Å². The van der Waals surface area contributed by atoms with Gasteiger partial charge in [0.05, 0.1) is 18.2 Å². The summed E-state index contributed by atoms with van der Waals surface area (Å²) in [5.41, 5.74) is 1.60. The molecule has 1 unspecified atom stereocenters. The highest BCUT2D eigenvalue weighted by molar-refractivity contribution is 6.32. The average Bonchev–Trinajstić information content (AvgIpc) is 3.30. The molecule has 0 bridgehead atoms. The van der Waals surface area contributed by atoms with Crippen LogP contribution in [-0.4, -0.2) is 31.3 Å². The molecule has 1 saturated heterocycles. The zero-order valence-corrected chi connectivity index (χ0v) is 14.6. The van der Waals surface area contributed by atoms with Crippen LogP contribution in [0.5, 0.6) is 17.2 Å². The van der Waals surface area contributed by atoms with Crippen LogP contribution in [0.3, 0.4) is 0 Å². The van der Waals surface area contributed by atoms with Gasteiger partial charge in [0.2, 0.25) is 6.79 Å². The lowest BCUT2D eigenvalue weighted by Crippen LogP contribution is -2.30. The molecular formula is C19H18ClNO4. The van der Waals surface area contributed by atoms with Crippen molar-refractivity contribution in [3.63, 3.8) is 0 Å². The van der Waals surface area contributed by atoms with Crippen LogP contribution in [0, 0.1) is 0 Å². The van der Waals surface area contributed by atoms with Crippen LogP contribution in [-0.2, 0) is 0 Å². The van der Waals surface area contributed by atoms with E-state index in [1.807, 2.05) is 29.2 Å². The third-order valence-corrected chi connectivity index (χ3v) is 4.95. The molecular weight excluding hydrogens is 342 g/mol. The third-order valence-electron chi connectivity index (χ3n) is 4.67. The van der Waals surface area contributed by atoms with Crippen molar-refractivity contribution in [3.8, 4) is 17.2 Å². The summed E-state index contributed by atoms with van der Waals surface area (Å²) in [5, 5.41) is 0.399. The number of benzene rings is 2. The molecule has 0 spiro atoms. The number of methoxy groups -OCH3 is 1. The molecule has 0 N–H and O–H groups in total. The smallest absolute Gasteiger partial charge is 0.254 e. The van der Waals surface area contributed by atoms with E-state index in [1.165, 1.54) is 0 Å². The fourth-order valence-corrected chi connectivity index (χ4v) is 3.73. The van der Waals surface area contributed by atoms with E-state index in [0.29, 0.717) is 28.6 Å². The number of hydrogen-bond acceptors (Lipinski definition) is 4. The van der Waals surface area contributed by atoms with Gasteiger partial charge in [-0.05, 0) is 42.7 Å². The number of halogens is 1. The lowest BCUT2D eigenvalue weighted by molar-refractivity contribution is 0.0735. The predicted molar refractivity (Wildman–Crippen MR) is 93.6 cm³/mol. The largest absolute Gasteiger partial charge is 0.497 e. The number of amides is 1. The van der Waals surface area contributed by atoms with Crippen molar-refractivity contribution in [2.45, 2.75) is 18.9 Å². The molecule has 25 heavy (non-hydrogen) atoms. The number of ether oxygens (including phenoxy) is 3. The predicted octanol–water partition coefficient (Wildman–Crippen LogP) is 4.05. The number of hydrogen-bond donors (Lipinski definition) is 0. The van der Waals surface area contributed by atoms with Crippen LogP contribution in [0.1, 0.15) is 34.8 Å². The van der Waals surface area contributed by atoms with E-state index >= 15 is 0 Å². The summed E-state index contributed by atoms with van der Waals surface area (Å²) in [6, 6.07) is 11.3. The minimum absolute atomic E-state index is 0.0341. The molecule has 2 aromatic rings. The Hall–Kier alpha value is -2.40. The summed E-state index contributed by atoms with van der Waals surface area (Å²) in [6.45, 7) is 0.843. The molecule has 0 saturated carbocycles. The van der Waals surface area contributed by atoms with Crippen molar-refractivity contribution in [2.75, 3.05) is 20.4 Å². The standard InChI is InChI=1S/C19H18ClNO4/c1-23-14-5-2-4-12(8-14)16-6-3-7-21(16)19(22)13-9-15(20)18-17(10-13)24-11-25-18/h2,4-5,8-10,16H,3,6-7,11H2,1H3. The molecule has 0 aromatic heterocycles. The number of nitrogens with zero attached hydrogens (tertiary/aromatic N) is 1. The molecule has 4 rings (SSSR count). The van der Waals surface area contributed by atoms with Gasteiger partial charge in [-0.1, -0.05) is 23.7 Å². The number of likely N-dealkylation sites (tertiary alicyclic amines) is 1. The number of rotatable bonds is 3. The van der Waals surface area contributed by atoms with Gasteiger partial charge in [0.15, 0.2) is 11.5 Å². The normalized spacial score (nSPS) is 18.5. The lowest BCUT2D eigenvalue weighted by Gasteiger charge is -2.25. The summed E-state index contributed by atoms with van der Waals surface area (Å²) in [4.78, 5) is 15.0. The Morgan fingerprint density at radius 3 is 3.00 bits per heavy atom. The first kappa shape index (κ1) is 16.1. The summed E-state index contributed by atoms with van der Waals surface area (Å²) in [7, 11) is 1.64. The van der Waals surface area contributed by atoms with E-state index in [2.05, 4.69) is 0 Å². The summed E-state index contributed by atoms with van der Waals surface area (Å²) >= 11 is 6.23. The van der Waals surface area contributed by atoms with E-state index in [0.717, 1.165) is 24.2 Å². The van der Waals surface area contributed by atoms with Crippen molar-refractivity contribution < 1.29 is 19.0 Å². The minimum Gasteiger partial charge on any atom is -0.497 e. The fraction of sp³-hybridized carbons (Fsp3) is 0.316. The second kappa shape index (κ2) is 6.48. The molecule has 1 fully saturated rings. The van der Waals surface area contributed by atoms with E-state index in [9.17, 15) is 4.79 Å². The molecule has 2 aliphatic heterocycles. The Morgan fingerprint density at radius 2 is 2.16 bits per heavy atom. The molecule has 2 aliphatic rings. The Bertz CT molecular complexity index is 823. The van der Waals surface area contributed by atoms with Gasteiger partial charge in [-0.25, -0.2) is 0 Å². The van der Waals surface area contributed by atoms with Gasteiger partial charge in [0.1, 0.15) is 5.75 Å². The molecule has 2 aromatic carbocycles. The van der Waals surface area contributed by atoms with Crippen molar-refractivity contribution in [1.29, 1.82) is 0 Å². The maximum Gasteiger partial charge on any atom is 0.254 e. The van der Waals surface area contributed by atoms with Crippen LogP contribution in [0.25, 0.3) is 0 Å². The summed E-state index contributed by atoms with van der Waals surface area (Å²) in [6.07, 6.45) is 1.89. The van der Waals surface area contributed by atoms with Crippen LogP contribution < -0.4 is 14.2 Å². The maximum absolute atomic E-state index is 13.1. The highest BCUT2D eigenvalue weighted by Gasteiger charge is 2.32. The van der Waals surface area contributed by atoms with E-state index in [1.54, 1.807) is 19.2 Å². The topological polar surface area (TPSA) is 48.0 Å². The van der Waals surface area contributed by atoms with Gasteiger partial charge in [0, 0.05) is 12.1 Å². The molecule has 5 nitrogen and oxygen atoms in total. The first-order valence-corrected chi connectivity index (χ1v) is 8.59. The van der Waals surface area contributed by atoms with E-state index in [4.69, 9.17) is 25.8 Å². The van der Waals surface area contributed by atoms with Crippen molar-refractivity contribution >= 4 is 17.5 Å². The quantitative estimate of drug-likeness (QED) is 0.829. The molecule has 0 aliphatic carbocycles. The molecule has 2 heterocycles. The molecule has 0 radical (unpaired) electrons. The van der Waals surface area contributed by atoms with E-state index < -0.39 is 0 Å². The number of carbonyl (C=O) groups is 1. The summed E-state index contributed by atoms with van der Waals surface area (Å²) < 4.78 is 16.0. The molecule has 130 valence electrons. The monoisotopic (exact) mass is 359 g/mol.